The van der Waals surface area contributed by atoms with Crippen molar-refractivity contribution in [3.05, 3.63) is 31.8 Å². The average Bonchev–Trinajstić information content (AvgIpc) is 2.45. The second-order valence-electron chi connectivity index (χ2n) is 4.39. The van der Waals surface area contributed by atoms with E-state index in [-0.39, 0.29) is 17.7 Å². The van der Waals surface area contributed by atoms with Gasteiger partial charge in [-0.3, -0.25) is 4.79 Å². The number of oxime groups is 1. The first-order valence-corrected chi connectivity index (χ1v) is 7.99. The fourth-order valence-corrected chi connectivity index (χ4v) is 2.62. The van der Waals surface area contributed by atoms with Crippen molar-refractivity contribution in [2.45, 2.75) is 13.8 Å². The van der Waals surface area contributed by atoms with Crippen molar-refractivity contribution in [2.24, 2.45) is 16.8 Å². The molecule has 7 heteroatoms. The molecule has 1 aromatic rings. The number of hydrogen-bond donors (Lipinski definition) is 2. The second kappa shape index (κ2) is 7.82. The number of nitrogens with two attached hydrogens (primary N) is 1. The molecule has 1 atom stereocenters. The summed E-state index contributed by atoms with van der Waals surface area (Å²) >= 11 is 5.57. The Hall–Kier alpha value is -0.830. The van der Waals surface area contributed by atoms with Gasteiger partial charge in [0.25, 0.3) is 5.91 Å². The fraction of sp³-hybridized carbons (Fsp3) is 0.385. The SMILES string of the molecule is CCN(CC(C)/C(N)=N/O)C(=O)c1cc(I)ccc1Br. The molecule has 110 valence electrons. The third kappa shape index (κ3) is 4.34. The minimum Gasteiger partial charge on any atom is -0.409 e. The van der Waals surface area contributed by atoms with Gasteiger partial charge >= 0.3 is 0 Å². The molecule has 1 amide bonds. The van der Waals surface area contributed by atoms with Crippen LogP contribution in [-0.2, 0) is 0 Å². The lowest BCUT2D eigenvalue weighted by molar-refractivity contribution is 0.0753. The van der Waals surface area contributed by atoms with E-state index in [1.165, 1.54) is 0 Å². The highest BCUT2D eigenvalue weighted by atomic mass is 127. The highest BCUT2D eigenvalue weighted by Gasteiger charge is 2.20. The van der Waals surface area contributed by atoms with Crippen LogP contribution < -0.4 is 5.73 Å². The molecule has 0 aliphatic carbocycles. The van der Waals surface area contributed by atoms with Gasteiger partial charge in [-0.1, -0.05) is 12.1 Å². The molecule has 0 saturated carbocycles. The molecule has 0 aliphatic rings. The molecule has 1 aromatic carbocycles. The average molecular weight is 454 g/mol. The van der Waals surface area contributed by atoms with E-state index in [0.717, 1.165) is 8.04 Å². The van der Waals surface area contributed by atoms with Crippen LogP contribution in [0, 0.1) is 9.49 Å². The largest absolute Gasteiger partial charge is 0.409 e. The first-order chi connectivity index (χ1) is 9.40. The molecule has 5 nitrogen and oxygen atoms in total. The van der Waals surface area contributed by atoms with Crippen molar-refractivity contribution in [3.8, 4) is 0 Å². The van der Waals surface area contributed by atoms with Crippen LogP contribution in [0.5, 0.6) is 0 Å². The minimum absolute atomic E-state index is 0.0736. The zero-order chi connectivity index (χ0) is 15.3. The van der Waals surface area contributed by atoms with Gasteiger partial charge in [0.05, 0.1) is 5.56 Å². The number of halogens is 2. The number of nitrogens with zero attached hydrogens (tertiary/aromatic N) is 2. The quantitative estimate of drug-likeness (QED) is 0.236. The Morgan fingerprint density at radius 2 is 2.25 bits per heavy atom. The summed E-state index contributed by atoms with van der Waals surface area (Å²) in [5.74, 6) is -0.154. The Kier molecular flexibility index (Phi) is 6.74. The van der Waals surface area contributed by atoms with Crippen LogP contribution in [0.1, 0.15) is 24.2 Å². The predicted octanol–water partition coefficient (Wildman–Crippen LogP) is 2.90. The molecule has 1 unspecified atom stereocenters. The van der Waals surface area contributed by atoms with E-state index < -0.39 is 0 Å². The molecule has 1 rings (SSSR count). The summed E-state index contributed by atoms with van der Waals surface area (Å²) < 4.78 is 1.76. The van der Waals surface area contributed by atoms with Gasteiger partial charge in [0.2, 0.25) is 0 Å². The third-order valence-electron chi connectivity index (χ3n) is 2.94. The molecule has 0 bridgehead atoms. The maximum Gasteiger partial charge on any atom is 0.255 e. The number of benzene rings is 1. The van der Waals surface area contributed by atoms with Crippen LogP contribution in [0.2, 0.25) is 0 Å². The summed E-state index contributed by atoms with van der Waals surface area (Å²) in [6, 6.07) is 5.62. The summed E-state index contributed by atoms with van der Waals surface area (Å²) in [6.07, 6.45) is 0. The van der Waals surface area contributed by atoms with Gasteiger partial charge in [-0.05, 0) is 63.6 Å². The highest BCUT2D eigenvalue weighted by molar-refractivity contribution is 14.1. The molecule has 0 spiro atoms. The van der Waals surface area contributed by atoms with Crippen LogP contribution >= 0.6 is 38.5 Å². The number of amidine groups is 1. The van der Waals surface area contributed by atoms with Crippen molar-refractivity contribution in [2.75, 3.05) is 13.1 Å². The second-order valence-corrected chi connectivity index (χ2v) is 6.49. The summed E-state index contributed by atoms with van der Waals surface area (Å²) in [5.41, 5.74) is 6.18. The standard InChI is InChI=1S/C13H17BrIN3O2/c1-3-18(7-8(2)12(16)17-20)13(19)10-6-9(15)4-5-11(10)14/h4-6,8,20H,3,7H2,1-2H3,(H2,16,17). The summed E-state index contributed by atoms with van der Waals surface area (Å²) in [4.78, 5) is 14.2. The van der Waals surface area contributed by atoms with E-state index >= 15 is 0 Å². The molecule has 0 heterocycles. The van der Waals surface area contributed by atoms with E-state index in [1.54, 1.807) is 4.90 Å². The topological polar surface area (TPSA) is 78.9 Å². The van der Waals surface area contributed by atoms with Gasteiger partial charge < -0.3 is 15.8 Å². The van der Waals surface area contributed by atoms with E-state index in [2.05, 4.69) is 43.7 Å². The van der Waals surface area contributed by atoms with E-state index in [9.17, 15) is 4.79 Å². The summed E-state index contributed by atoms with van der Waals surface area (Å²) in [7, 11) is 0. The number of rotatable bonds is 5. The van der Waals surface area contributed by atoms with Gasteiger partial charge in [-0.25, -0.2) is 0 Å². The Labute approximate surface area is 140 Å². The first kappa shape index (κ1) is 17.2. The Bertz CT molecular complexity index is 522. The van der Waals surface area contributed by atoms with Crippen LogP contribution in [0.15, 0.2) is 27.8 Å². The summed E-state index contributed by atoms with van der Waals surface area (Å²) in [5, 5.41) is 11.7. The van der Waals surface area contributed by atoms with Gasteiger partial charge in [0, 0.05) is 27.1 Å². The van der Waals surface area contributed by atoms with Crippen LogP contribution in [0.4, 0.5) is 0 Å². The smallest absolute Gasteiger partial charge is 0.255 e. The molecular formula is C13H17BrIN3O2. The minimum atomic E-state index is -0.203. The molecule has 20 heavy (non-hydrogen) atoms. The Morgan fingerprint density at radius 1 is 1.60 bits per heavy atom. The predicted molar refractivity (Wildman–Crippen MR) is 91.0 cm³/mol. The number of carbonyl (C=O) groups excluding carboxylic acids is 1. The highest BCUT2D eigenvalue weighted by Crippen LogP contribution is 2.21. The van der Waals surface area contributed by atoms with Gasteiger partial charge in [-0.2, -0.15) is 0 Å². The van der Waals surface area contributed by atoms with Crippen molar-refractivity contribution in [1.82, 2.24) is 4.90 Å². The molecule has 0 aliphatic heterocycles. The third-order valence-corrected chi connectivity index (χ3v) is 4.30. The molecule has 3 N–H and O–H groups in total. The number of carbonyl (C=O) groups is 1. The first-order valence-electron chi connectivity index (χ1n) is 6.12. The zero-order valence-corrected chi connectivity index (χ0v) is 15.1. The van der Waals surface area contributed by atoms with E-state index in [0.29, 0.717) is 18.7 Å². The van der Waals surface area contributed by atoms with Crippen LogP contribution in [0.25, 0.3) is 0 Å². The maximum atomic E-state index is 12.5. The molecule has 0 radical (unpaired) electrons. The van der Waals surface area contributed by atoms with Crippen molar-refractivity contribution in [1.29, 1.82) is 0 Å². The van der Waals surface area contributed by atoms with Crippen molar-refractivity contribution >= 4 is 50.3 Å². The molecule has 0 saturated heterocycles. The molecule has 0 aromatic heterocycles. The zero-order valence-electron chi connectivity index (χ0n) is 11.3. The Morgan fingerprint density at radius 3 is 2.80 bits per heavy atom. The lowest BCUT2D eigenvalue weighted by Crippen LogP contribution is -2.39. The van der Waals surface area contributed by atoms with Crippen molar-refractivity contribution < 1.29 is 10.0 Å². The number of amides is 1. The fourth-order valence-electron chi connectivity index (χ4n) is 1.71. The monoisotopic (exact) mass is 453 g/mol. The normalized spacial score (nSPS) is 13.1. The molecule has 0 fully saturated rings. The molecular weight excluding hydrogens is 437 g/mol. The van der Waals surface area contributed by atoms with E-state index in [4.69, 9.17) is 10.9 Å². The van der Waals surface area contributed by atoms with Gasteiger partial charge in [0.15, 0.2) is 0 Å². The van der Waals surface area contributed by atoms with Gasteiger partial charge in [0.1, 0.15) is 5.84 Å². The van der Waals surface area contributed by atoms with Gasteiger partial charge in [-0.15, -0.1) is 0 Å². The van der Waals surface area contributed by atoms with E-state index in [1.807, 2.05) is 32.0 Å². The van der Waals surface area contributed by atoms with Crippen LogP contribution in [0.3, 0.4) is 0 Å². The van der Waals surface area contributed by atoms with Crippen LogP contribution in [-0.4, -0.2) is 34.9 Å². The number of hydrogen-bond acceptors (Lipinski definition) is 3. The summed E-state index contributed by atoms with van der Waals surface area (Å²) in [6.45, 7) is 4.68. The Balaban J connectivity index is 2.95. The lowest BCUT2D eigenvalue weighted by Gasteiger charge is -2.24. The van der Waals surface area contributed by atoms with Crippen molar-refractivity contribution in [3.63, 3.8) is 0 Å². The maximum absolute atomic E-state index is 12.5. The lowest BCUT2D eigenvalue weighted by atomic mass is 10.1.